The molecule has 7 heteroatoms. The van der Waals surface area contributed by atoms with E-state index in [4.69, 9.17) is 4.74 Å². The van der Waals surface area contributed by atoms with Crippen LogP contribution in [0.25, 0.3) is 0 Å². The summed E-state index contributed by atoms with van der Waals surface area (Å²) >= 11 is 0. The van der Waals surface area contributed by atoms with Gasteiger partial charge < -0.3 is 10.1 Å². The standard InChI is InChI=1S/C17H28N2O4S/c1-5-6-12-19(24(4,21)22)13-11-17(20)18-15-7-9-16(10-8-15)23-14(2)3/h7-10,14H,5-6,11-13H2,1-4H3,(H,18,20). The quantitative estimate of drug-likeness (QED) is 0.699. The fourth-order valence-electron chi connectivity index (χ4n) is 2.12. The number of nitrogens with zero attached hydrogens (tertiary/aromatic N) is 1. The highest BCUT2D eigenvalue weighted by Crippen LogP contribution is 2.17. The lowest BCUT2D eigenvalue weighted by molar-refractivity contribution is -0.116. The molecule has 0 aliphatic rings. The van der Waals surface area contributed by atoms with E-state index in [1.54, 1.807) is 24.3 Å². The second-order valence-electron chi connectivity index (χ2n) is 6.00. The van der Waals surface area contributed by atoms with Gasteiger partial charge in [0.15, 0.2) is 0 Å². The van der Waals surface area contributed by atoms with Gasteiger partial charge >= 0.3 is 0 Å². The van der Waals surface area contributed by atoms with Gasteiger partial charge in [0.05, 0.1) is 12.4 Å². The number of anilines is 1. The minimum atomic E-state index is -3.29. The van der Waals surface area contributed by atoms with Gasteiger partial charge in [0.25, 0.3) is 0 Å². The molecule has 0 heterocycles. The Labute approximate surface area is 145 Å². The molecular formula is C17H28N2O4S. The fourth-order valence-corrected chi connectivity index (χ4v) is 3.00. The average molecular weight is 356 g/mol. The smallest absolute Gasteiger partial charge is 0.225 e. The number of carbonyl (C=O) groups is 1. The molecule has 0 unspecified atom stereocenters. The number of rotatable bonds is 10. The molecular weight excluding hydrogens is 328 g/mol. The molecule has 0 fully saturated rings. The third kappa shape index (κ3) is 7.79. The molecule has 0 aliphatic carbocycles. The first-order chi connectivity index (χ1) is 11.2. The highest BCUT2D eigenvalue weighted by atomic mass is 32.2. The molecule has 0 atom stereocenters. The summed E-state index contributed by atoms with van der Waals surface area (Å²) in [7, 11) is -3.29. The van der Waals surface area contributed by atoms with Crippen LogP contribution in [-0.4, -0.2) is 44.1 Å². The average Bonchev–Trinajstić information content (AvgIpc) is 2.47. The zero-order chi connectivity index (χ0) is 18.2. The van der Waals surface area contributed by atoms with Crippen LogP contribution >= 0.6 is 0 Å². The van der Waals surface area contributed by atoms with Crippen LogP contribution in [0.4, 0.5) is 5.69 Å². The Morgan fingerprint density at radius 1 is 1.21 bits per heavy atom. The lowest BCUT2D eigenvalue weighted by atomic mass is 10.3. The van der Waals surface area contributed by atoms with Crippen LogP contribution in [0.5, 0.6) is 5.75 Å². The van der Waals surface area contributed by atoms with Crippen molar-refractivity contribution in [3.63, 3.8) is 0 Å². The van der Waals surface area contributed by atoms with E-state index in [1.807, 2.05) is 20.8 Å². The van der Waals surface area contributed by atoms with E-state index in [9.17, 15) is 13.2 Å². The summed E-state index contributed by atoms with van der Waals surface area (Å²) in [5.74, 6) is 0.531. The Morgan fingerprint density at radius 3 is 2.33 bits per heavy atom. The summed E-state index contributed by atoms with van der Waals surface area (Å²) in [6.07, 6.45) is 3.08. The van der Waals surface area contributed by atoms with Crippen LogP contribution in [0.1, 0.15) is 40.0 Å². The van der Waals surface area contributed by atoms with E-state index in [1.165, 1.54) is 10.6 Å². The molecule has 0 bridgehead atoms. The molecule has 1 rings (SSSR count). The van der Waals surface area contributed by atoms with Crippen LogP contribution in [0.3, 0.4) is 0 Å². The monoisotopic (exact) mass is 356 g/mol. The van der Waals surface area contributed by atoms with Crippen LogP contribution in [0.15, 0.2) is 24.3 Å². The lowest BCUT2D eigenvalue weighted by Gasteiger charge is -2.19. The van der Waals surface area contributed by atoms with Gasteiger partial charge in [-0.25, -0.2) is 12.7 Å². The number of sulfonamides is 1. The van der Waals surface area contributed by atoms with Crippen molar-refractivity contribution in [2.24, 2.45) is 0 Å². The van der Waals surface area contributed by atoms with Crippen molar-refractivity contribution in [2.75, 3.05) is 24.7 Å². The van der Waals surface area contributed by atoms with Crippen molar-refractivity contribution in [3.05, 3.63) is 24.3 Å². The number of hydrogen-bond acceptors (Lipinski definition) is 4. The molecule has 0 saturated heterocycles. The van der Waals surface area contributed by atoms with Gasteiger partial charge in [0.2, 0.25) is 15.9 Å². The summed E-state index contributed by atoms with van der Waals surface area (Å²) in [5.41, 5.74) is 0.663. The number of amides is 1. The number of ether oxygens (including phenoxy) is 1. The maximum absolute atomic E-state index is 12.0. The molecule has 0 aromatic heterocycles. The van der Waals surface area contributed by atoms with Gasteiger partial charge in [-0.2, -0.15) is 0 Å². The zero-order valence-electron chi connectivity index (χ0n) is 14.9. The Balaban J connectivity index is 2.52. The summed E-state index contributed by atoms with van der Waals surface area (Å²) in [6, 6.07) is 7.11. The van der Waals surface area contributed by atoms with Crippen molar-refractivity contribution in [2.45, 2.75) is 46.1 Å². The third-order valence-corrected chi connectivity index (χ3v) is 4.63. The molecule has 136 valence electrons. The molecule has 24 heavy (non-hydrogen) atoms. The topological polar surface area (TPSA) is 75.7 Å². The number of benzene rings is 1. The van der Waals surface area contributed by atoms with E-state index in [-0.39, 0.29) is 25.0 Å². The molecule has 1 N–H and O–H groups in total. The molecule has 0 spiro atoms. The van der Waals surface area contributed by atoms with Crippen LogP contribution in [0, 0.1) is 0 Å². The SMILES string of the molecule is CCCCN(CCC(=O)Nc1ccc(OC(C)C)cc1)S(C)(=O)=O. The summed E-state index contributed by atoms with van der Waals surface area (Å²) in [4.78, 5) is 12.0. The van der Waals surface area contributed by atoms with Gasteiger partial charge in [-0.05, 0) is 44.5 Å². The minimum absolute atomic E-state index is 0.0931. The van der Waals surface area contributed by atoms with E-state index in [0.717, 1.165) is 18.6 Å². The summed E-state index contributed by atoms with van der Waals surface area (Å²) < 4.78 is 30.3. The first-order valence-corrected chi connectivity index (χ1v) is 10.1. The van der Waals surface area contributed by atoms with Crippen molar-refractivity contribution >= 4 is 21.6 Å². The van der Waals surface area contributed by atoms with Crippen molar-refractivity contribution in [1.82, 2.24) is 4.31 Å². The van der Waals surface area contributed by atoms with Gasteiger partial charge in [-0.3, -0.25) is 4.79 Å². The second-order valence-corrected chi connectivity index (χ2v) is 7.99. The van der Waals surface area contributed by atoms with Gasteiger partial charge in [0, 0.05) is 25.2 Å². The molecule has 1 aromatic carbocycles. The van der Waals surface area contributed by atoms with E-state index in [2.05, 4.69) is 5.32 Å². The number of carbonyl (C=O) groups excluding carboxylic acids is 1. The predicted octanol–water partition coefficient (Wildman–Crippen LogP) is 2.86. The molecule has 0 radical (unpaired) electrons. The molecule has 1 aromatic rings. The van der Waals surface area contributed by atoms with E-state index >= 15 is 0 Å². The van der Waals surface area contributed by atoms with Crippen LogP contribution < -0.4 is 10.1 Å². The molecule has 6 nitrogen and oxygen atoms in total. The Bertz CT molecular complexity index is 612. The van der Waals surface area contributed by atoms with Crippen molar-refractivity contribution < 1.29 is 17.9 Å². The Hall–Kier alpha value is -1.60. The third-order valence-electron chi connectivity index (χ3n) is 3.33. The van der Waals surface area contributed by atoms with Crippen molar-refractivity contribution in [1.29, 1.82) is 0 Å². The Kier molecular flexibility index (Phi) is 8.21. The number of unbranched alkanes of at least 4 members (excludes halogenated alkanes) is 1. The summed E-state index contributed by atoms with van der Waals surface area (Å²) in [6.45, 7) is 6.53. The zero-order valence-corrected chi connectivity index (χ0v) is 15.7. The number of nitrogens with one attached hydrogen (secondary N) is 1. The number of hydrogen-bond donors (Lipinski definition) is 1. The Morgan fingerprint density at radius 2 is 1.83 bits per heavy atom. The molecule has 0 saturated carbocycles. The second kappa shape index (κ2) is 9.64. The molecule has 0 aliphatic heterocycles. The predicted molar refractivity (Wildman–Crippen MR) is 96.8 cm³/mol. The van der Waals surface area contributed by atoms with Crippen LogP contribution in [0.2, 0.25) is 0 Å². The van der Waals surface area contributed by atoms with E-state index in [0.29, 0.717) is 12.2 Å². The lowest BCUT2D eigenvalue weighted by Crippen LogP contribution is -2.33. The first kappa shape index (κ1) is 20.4. The van der Waals surface area contributed by atoms with E-state index < -0.39 is 10.0 Å². The van der Waals surface area contributed by atoms with Gasteiger partial charge in [-0.15, -0.1) is 0 Å². The fraction of sp³-hybridized carbons (Fsp3) is 0.588. The van der Waals surface area contributed by atoms with Gasteiger partial charge in [0.1, 0.15) is 5.75 Å². The summed E-state index contributed by atoms with van der Waals surface area (Å²) in [5, 5.41) is 2.77. The van der Waals surface area contributed by atoms with Gasteiger partial charge in [-0.1, -0.05) is 13.3 Å². The first-order valence-electron chi connectivity index (χ1n) is 8.24. The normalized spacial score (nSPS) is 11.8. The maximum atomic E-state index is 12.0. The molecule has 1 amide bonds. The van der Waals surface area contributed by atoms with Crippen molar-refractivity contribution in [3.8, 4) is 5.75 Å². The largest absolute Gasteiger partial charge is 0.491 e. The highest BCUT2D eigenvalue weighted by Gasteiger charge is 2.17. The highest BCUT2D eigenvalue weighted by molar-refractivity contribution is 7.88. The van der Waals surface area contributed by atoms with Crippen LogP contribution in [-0.2, 0) is 14.8 Å². The minimum Gasteiger partial charge on any atom is -0.491 e. The maximum Gasteiger partial charge on any atom is 0.225 e.